The van der Waals surface area contributed by atoms with Crippen LogP contribution in [-0.4, -0.2) is 27.4 Å². The lowest BCUT2D eigenvalue weighted by molar-refractivity contribution is 0.271. The molecule has 0 atom stereocenters. The van der Waals surface area contributed by atoms with Gasteiger partial charge in [-0.05, 0) is 28.8 Å². The van der Waals surface area contributed by atoms with Crippen LogP contribution in [0, 0.1) is 11.6 Å². The molecule has 5 nitrogen and oxygen atoms in total. The zero-order chi connectivity index (χ0) is 17.0. The maximum absolute atomic E-state index is 14.0. The summed E-state index contributed by atoms with van der Waals surface area (Å²) in [6.07, 6.45) is 0. The second-order valence-electron chi connectivity index (χ2n) is 4.91. The molecule has 2 rings (SSSR count). The number of ether oxygens (including phenoxy) is 1. The van der Waals surface area contributed by atoms with Gasteiger partial charge in [-0.15, -0.1) is 0 Å². The standard InChI is InChI=1S/C15H15BF2O5/c17-12-1-2-13(15(18)14(12)16(21)22)23-8-11-4-9(6-19)3-10(5-11)7-20/h1-5,19-22H,6-8H2. The summed E-state index contributed by atoms with van der Waals surface area (Å²) in [5.74, 6) is -2.62. The van der Waals surface area contributed by atoms with Gasteiger partial charge >= 0.3 is 7.12 Å². The van der Waals surface area contributed by atoms with Gasteiger partial charge in [0, 0.05) is 0 Å². The molecule has 8 heteroatoms. The Bertz CT molecular complexity index is 672. The third-order valence-corrected chi connectivity index (χ3v) is 3.22. The van der Waals surface area contributed by atoms with Crippen LogP contribution in [0.1, 0.15) is 16.7 Å². The first-order valence-corrected chi connectivity index (χ1v) is 6.76. The van der Waals surface area contributed by atoms with E-state index < -0.39 is 24.2 Å². The van der Waals surface area contributed by atoms with Gasteiger partial charge in [-0.1, -0.05) is 18.2 Å². The van der Waals surface area contributed by atoms with Crippen molar-refractivity contribution >= 4 is 12.6 Å². The molecule has 23 heavy (non-hydrogen) atoms. The Labute approximate surface area is 131 Å². The first kappa shape index (κ1) is 17.4. The molecular weight excluding hydrogens is 309 g/mol. The highest BCUT2D eigenvalue weighted by atomic mass is 19.1. The highest BCUT2D eigenvalue weighted by Gasteiger charge is 2.24. The molecule has 0 saturated carbocycles. The lowest BCUT2D eigenvalue weighted by atomic mass is 9.79. The van der Waals surface area contributed by atoms with Crippen LogP contribution in [0.25, 0.3) is 0 Å². The molecule has 4 N–H and O–H groups in total. The molecule has 0 aliphatic carbocycles. The molecule has 0 aliphatic rings. The molecule has 0 unspecified atom stereocenters. The molecule has 0 aliphatic heterocycles. The molecule has 0 fully saturated rings. The van der Waals surface area contributed by atoms with Crippen LogP contribution in [0.5, 0.6) is 5.75 Å². The summed E-state index contributed by atoms with van der Waals surface area (Å²) < 4.78 is 32.6. The summed E-state index contributed by atoms with van der Waals surface area (Å²) >= 11 is 0. The average Bonchev–Trinajstić information content (AvgIpc) is 2.53. The summed E-state index contributed by atoms with van der Waals surface area (Å²) in [6.45, 7) is -0.566. The Balaban J connectivity index is 2.23. The number of benzene rings is 2. The van der Waals surface area contributed by atoms with E-state index in [4.69, 9.17) is 25.0 Å². The minimum atomic E-state index is -2.29. The normalized spacial score (nSPS) is 10.7. The van der Waals surface area contributed by atoms with Crippen molar-refractivity contribution in [2.45, 2.75) is 19.8 Å². The molecule has 122 valence electrons. The number of halogens is 2. The van der Waals surface area contributed by atoms with Gasteiger partial charge in [-0.2, -0.15) is 0 Å². The van der Waals surface area contributed by atoms with Gasteiger partial charge in [-0.25, -0.2) is 8.78 Å². The van der Waals surface area contributed by atoms with Crippen LogP contribution in [0.2, 0.25) is 0 Å². The van der Waals surface area contributed by atoms with Crippen molar-refractivity contribution in [2.75, 3.05) is 0 Å². The van der Waals surface area contributed by atoms with Gasteiger partial charge in [-0.3, -0.25) is 0 Å². The quantitative estimate of drug-likeness (QED) is 0.571. The third-order valence-electron chi connectivity index (χ3n) is 3.22. The number of aliphatic hydroxyl groups is 2. The molecule has 0 spiro atoms. The van der Waals surface area contributed by atoms with E-state index in [0.717, 1.165) is 12.1 Å². The van der Waals surface area contributed by atoms with Crippen LogP contribution in [0.4, 0.5) is 8.78 Å². The van der Waals surface area contributed by atoms with E-state index in [2.05, 4.69) is 0 Å². The number of aliphatic hydroxyl groups excluding tert-OH is 2. The van der Waals surface area contributed by atoms with Crippen LogP contribution < -0.4 is 10.2 Å². The van der Waals surface area contributed by atoms with E-state index in [9.17, 15) is 8.78 Å². The van der Waals surface area contributed by atoms with Crippen molar-refractivity contribution in [1.29, 1.82) is 0 Å². The van der Waals surface area contributed by atoms with Crippen LogP contribution in [-0.2, 0) is 19.8 Å². The van der Waals surface area contributed by atoms with E-state index in [-0.39, 0.29) is 25.6 Å². The van der Waals surface area contributed by atoms with Gasteiger partial charge in [0.05, 0.1) is 18.7 Å². The van der Waals surface area contributed by atoms with Gasteiger partial charge in [0.2, 0.25) is 0 Å². The smallest absolute Gasteiger partial charge is 0.486 e. The Morgan fingerprint density at radius 3 is 2.00 bits per heavy atom. The summed E-state index contributed by atoms with van der Waals surface area (Å²) in [5, 5.41) is 36.3. The van der Waals surface area contributed by atoms with Crippen molar-refractivity contribution in [3.05, 3.63) is 58.7 Å². The van der Waals surface area contributed by atoms with Gasteiger partial charge in [0.25, 0.3) is 0 Å². The van der Waals surface area contributed by atoms with E-state index in [1.807, 2.05) is 0 Å². The number of hydrogen-bond donors (Lipinski definition) is 4. The lowest BCUT2D eigenvalue weighted by Gasteiger charge is -2.12. The minimum Gasteiger partial charge on any atom is -0.486 e. The minimum absolute atomic E-state index is 0.107. The maximum Gasteiger partial charge on any atom is 0.494 e. The SMILES string of the molecule is OCc1cc(CO)cc(COc2ccc(F)c(B(O)O)c2F)c1. The fraction of sp³-hybridized carbons (Fsp3) is 0.200. The maximum atomic E-state index is 14.0. The molecule has 0 bridgehead atoms. The van der Waals surface area contributed by atoms with Crippen LogP contribution >= 0.6 is 0 Å². The van der Waals surface area contributed by atoms with E-state index in [1.165, 1.54) is 0 Å². The van der Waals surface area contributed by atoms with Crippen molar-refractivity contribution in [3.8, 4) is 5.75 Å². The highest BCUT2D eigenvalue weighted by Crippen LogP contribution is 2.19. The van der Waals surface area contributed by atoms with Crippen molar-refractivity contribution in [1.82, 2.24) is 0 Å². The molecule has 0 radical (unpaired) electrons. The average molecular weight is 324 g/mol. The predicted molar refractivity (Wildman–Crippen MR) is 78.8 cm³/mol. The van der Waals surface area contributed by atoms with E-state index >= 15 is 0 Å². The summed E-state index contributed by atoms with van der Waals surface area (Å²) in [5.41, 5.74) is 0.792. The highest BCUT2D eigenvalue weighted by molar-refractivity contribution is 6.58. The number of rotatable bonds is 6. The monoisotopic (exact) mass is 324 g/mol. The zero-order valence-corrected chi connectivity index (χ0v) is 12.0. The first-order chi connectivity index (χ1) is 11.0. The lowest BCUT2D eigenvalue weighted by Crippen LogP contribution is -2.36. The second-order valence-corrected chi connectivity index (χ2v) is 4.91. The Kier molecular flexibility index (Phi) is 5.67. The fourth-order valence-electron chi connectivity index (χ4n) is 2.16. The molecule has 0 heterocycles. The van der Waals surface area contributed by atoms with Crippen LogP contribution in [0.15, 0.2) is 30.3 Å². The summed E-state index contributed by atoms with van der Waals surface area (Å²) in [4.78, 5) is 0. The topological polar surface area (TPSA) is 90.2 Å². The third kappa shape index (κ3) is 4.05. The molecule has 0 amide bonds. The van der Waals surface area contributed by atoms with Gasteiger partial charge < -0.3 is 25.0 Å². The van der Waals surface area contributed by atoms with Crippen molar-refractivity contribution in [3.63, 3.8) is 0 Å². The van der Waals surface area contributed by atoms with Gasteiger partial charge in [0.1, 0.15) is 12.4 Å². The molecular formula is C15H15BF2O5. The molecule has 2 aromatic rings. The van der Waals surface area contributed by atoms with Crippen molar-refractivity contribution in [2.24, 2.45) is 0 Å². The van der Waals surface area contributed by atoms with E-state index in [1.54, 1.807) is 18.2 Å². The molecule has 0 saturated heterocycles. The van der Waals surface area contributed by atoms with Gasteiger partial charge in [0.15, 0.2) is 11.6 Å². The fourth-order valence-corrected chi connectivity index (χ4v) is 2.16. The summed E-state index contributed by atoms with van der Waals surface area (Å²) in [7, 11) is -2.29. The largest absolute Gasteiger partial charge is 0.494 e. The van der Waals surface area contributed by atoms with Crippen LogP contribution in [0.3, 0.4) is 0 Å². The Morgan fingerprint density at radius 2 is 1.48 bits per heavy atom. The van der Waals surface area contributed by atoms with Crippen molar-refractivity contribution < 1.29 is 33.8 Å². The molecule has 0 aromatic heterocycles. The predicted octanol–water partition coefficient (Wildman–Crippen LogP) is 0.208. The number of hydrogen-bond acceptors (Lipinski definition) is 5. The summed E-state index contributed by atoms with van der Waals surface area (Å²) in [6, 6.07) is 6.75. The van der Waals surface area contributed by atoms with E-state index in [0.29, 0.717) is 16.7 Å². The molecule has 2 aromatic carbocycles. The first-order valence-electron chi connectivity index (χ1n) is 6.76. The Morgan fingerprint density at radius 1 is 0.913 bits per heavy atom. The second kappa shape index (κ2) is 7.52. The zero-order valence-electron chi connectivity index (χ0n) is 12.0. The Hall–Kier alpha value is -2.00.